The summed E-state index contributed by atoms with van der Waals surface area (Å²) >= 11 is 17.2. The van der Waals surface area contributed by atoms with Crippen molar-refractivity contribution >= 4 is 71.0 Å². The topological polar surface area (TPSA) is 29.1 Å². The van der Waals surface area contributed by atoms with Crippen molar-refractivity contribution in [3.05, 3.63) is 29.3 Å². The van der Waals surface area contributed by atoms with Crippen LogP contribution in [0.2, 0.25) is 5.02 Å². The van der Waals surface area contributed by atoms with Crippen LogP contribution in [0.15, 0.2) is 24.3 Å². The van der Waals surface area contributed by atoms with Crippen LogP contribution in [0.25, 0.3) is 0 Å². The Kier molecular flexibility index (Phi) is 4.29. The second-order valence-electron chi connectivity index (χ2n) is 6.76. The highest BCUT2D eigenvalue weighted by Gasteiger charge is 2.83. The molecule has 2 bridgehead atoms. The van der Waals surface area contributed by atoms with Crippen molar-refractivity contribution in [3.8, 4) is 0 Å². The number of carbonyl (C=O) groups is 1. The van der Waals surface area contributed by atoms with Crippen molar-refractivity contribution < 1.29 is 4.79 Å². The van der Waals surface area contributed by atoms with E-state index in [1.165, 1.54) is 0 Å². The third kappa shape index (κ3) is 1.91. The van der Waals surface area contributed by atoms with E-state index in [9.17, 15) is 4.79 Å². The SMILES string of the molecule is CC1(C)[C@@]2(C(=O)Nc3cccc(Cl)c3)CC[C@@]1(C(Br)Br)[C@H]2Br. The number of rotatable bonds is 3. The summed E-state index contributed by atoms with van der Waals surface area (Å²) in [6.45, 7) is 4.40. The zero-order valence-electron chi connectivity index (χ0n) is 12.3. The fraction of sp³-hybridized carbons (Fsp3) is 0.562. The van der Waals surface area contributed by atoms with E-state index in [-0.39, 0.29) is 25.3 Å². The molecular formula is C16H17Br3ClNO. The summed E-state index contributed by atoms with van der Waals surface area (Å²) in [5.41, 5.74) is 0.295. The molecule has 0 saturated heterocycles. The van der Waals surface area contributed by atoms with Gasteiger partial charge in [-0.25, -0.2) is 0 Å². The molecule has 1 N–H and O–H groups in total. The van der Waals surface area contributed by atoms with E-state index in [0.717, 1.165) is 18.5 Å². The standard InChI is InChI=1S/C16H17Br3ClNO/c1-14(2)15(12(18)19)6-7-16(14,11(15)17)13(22)21-10-5-3-4-9(20)8-10/h3-5,8,11-12H,6-7H2,1-2H3,(H,21,22)/t11-,15+,16+/m1/s1. The van der Waals surface area contributed by atoms with Gasteiger partial charge in [-0.1, -0.05) is 79.3 Å². The molecule has 4 rings (SSSR count). The van der Waals surface area contributed by atoms with Gasteiger partial charge in [0.2, 0.25) is 5.91 Å². The first-order valence-electron chi connectivity index (χ1n) is 7.19. The highest BCUT2D eigenvalue weighted by atomic mass is 79.9. The smallest absolute Gasteiger partial charge is 0.232 e. The molecular weight excluding hydrogens is 497 g/mol. The van der Waals surface area contributed by atoms with E-state index >= 15 is 0 Å². The highest BCUT2D eigenvalue weighted by Crippen LogP contribution is 2.82. The van der Waals surface area contributed by atoms with Gasteiger partial charge in [-0.15, -0.1) is 0 Å². The molecule has 0 aromatic heterocycles. The van der Waals surface area contributed by atoms with Gasteiger partial charge >= 0.3 is 0 Å². The largest absolute Gasteiger partial charge is 0.326 e. The molecule has 1 aromatic rings. The van der Waals surface area contributed by atoms with E-state index in [4.69, 9.17) is 11.6 Å². The number of benzene rings is 1. The lowest BCUT2D eigenvalue weighted by Gasteiger charge is -2.66. The molecule has 120 valence electrons. The van der Waals surface area contributed by atoms with Gasteiger partial charge in [0.05, 0.1) is 9.15 Å². The molecule has 0 aliphatic heterocycles. The summed E-state index contributed by atoms with van der Waals surface area (Å²) in [7, 11) is 0. The number of carbonyl (C=O) groups excluding carboxylic acids is 1. The van der Waals surface area contributed by atoms with Crippen molar-refractivity contribution in [2.24, 2.45) is 16.2 Å². The Bertz CT molecular complexity index is 636. The Balaban J connectivity index is 1.91. The lowest BCUT2D eigenvalue weighted by atomic mass is 9.43. The lowest BCUT2D eigenvalue weighted by Crippen LogP contribution is -2.71. The van der Waals surface area contributed by atoms with Gasteiger partial charge in [-0.05, 0) is 36.5 Å². The molecule has 0 radical (unpaired) electrons. The molecule has 3 saturated carbocycles. The van der Waals surface area contributed by atoms with Crippen LogP contribution in [-0.2, 0) is 4.79 Å². The van der Waals surface area contributed by atoms with E-state index in [2.05, 4.69) is 67.0 Å². The van der Waals surface area contributed by atoms with Crippen LogP contribution in [0, 0.1) is 16.2 Å². The van der Waals surface area contributed by atoms with Crippen molar-refractivity contribution in [1.82, 2.24) is 0 Å². The Hall–Kier alpha value is 0.420. The molecule has 6 heteroatoms. The maximum absolute atomic E-state index is 13.1. The second kappa shape index (κ2) is 5.47. The van der Waals surface area contributed by atoms with Crippen LogP contribution < -0.4 is 5.32 Å². The quantitative estimate of drug-likeness (QED) is 0.496. The minimum Gasteiger partial charge on any atom is -0.326 e. The summed E-state index contributed by atoms with van der Waals surface area (Å²) in [6.07, 6.45) is 1.90. The van der Waals surface area contributed by atoms with Crippen LogP contribution >= 0.6 is 59.4 Å². The van der Waals surface area contributed by atoms with Crippen molar-refractivity contribution in [1.29, 1.82) is 0 Å². The monoisotopic (exact) mass is 511 g/mol. The highest BCUT2D eigenvalue weighted by molar-refractivity contribution is 9.24. The summed E-state index contributed by atoms with van der Waals surface area (Å²) < 4.78 is 0.182. The average molecular weight is 514 g/mol. The molecule has 1 amide bonds. The van der Waals surface area contributed by atoms with Crippen molar-refractivity contribution in [2.45, 2.75) is 35.3 Å². The average Bonchev–Trinajstić information content (AvgIpc) is 2.88. The fourth-order valence-corrected chi connectivity index (χ4v) is 9.61. The molecule has 3 fully saturated rings. The first-order chi connectivity index (χ1) is 10.2. The van der Waals surface area contributed by atoms with E-state index in [1.807, 2.05) is 12.1 Å². The van der Waals surface area contributed by atoms with Gasteiger partial charge in [0.15, 0.2) is 0 Å². The first kappa shape index (κ1) is 17.2. The van der Waals surface area contributed by atoms with Gasteiger partial charge in [0.1, 0.15) is 0 Å². The number of hydrogen-bond donors (Lipinski definition) is 1. The first-order valence-corrected chi connectivity index (χ1v) is 10.3. The van der Waals surface area contributed by atoms with Gasteiger partial charge < -0.3 is 5.32 Å². The van der Waals surface area contributed by atoms with Crippen molar-refractivity contribution in [2.75, 3.05) is 5.32 Å². The summed E-state index contributed by atoms with van der Waals surface area (Å²) in [5.74, 6) is 0.0791. The number of anilines is 1. The minimum absolute atomic E-state index is 0.0404. The number of fused-ring (bicyclic) bond motifs is 1. The molecule has 3 aliphatic rings. The summed E-state index contributed by atoms with van der Waals surface area (Å²) in [6, 6.07) is 7.30. The predicted molar refractivity (Wildman–Crippen MR) is 102 cm³/mol. The van der Waals surface area contributed by atoms with E-state index in [0.29, 0.717) is 5.02 Å². The second-order valence-corrected chi connectivity index (χ2v) is 11.2. The van der Waals surface area contributed by atoms with Gasteiger partial charge in [-0.3, -0.25) is 4.79 Å². The maximum atomic E-state index is 13.1. The maximum Gasteiger partial charge on any atom is 0.232 e. The molecule has 3 aliphatic carbocycles. The molecule has 0 unspecified atom stereocenters. The summed E-state index contributed by atoms with van der Waals surface area (Å²) in [4.78, 5) is 13.2. The van der Waals surface area contributed by atoms with Gasteiger partial charge in [0, 0.05) is 21.0 Å². The summed E-state index contributed by atoms with van der Waals surface area (Å²) in [5, 5.41) is 3.69. The molecule has 2 nitrogen and oxygen atoms in total. The number of halogens is 4. The number of amides is 1. The third-order valence-electron chi connectivity index (χ3n) is 5.97. The van der Waals surface area contributed by atoms with Crippen LogP contribution in [0.1, 0.15) is 26.7 Å². The molecule has 1 aromatic carbocycles. The normalized spacial score (nSPS) is 35.3. The Morgan fingerprint density at radius 2 is 2.05 bits per heavy atom. The Morgan fingerprint density at radius 1 is 1.36 bits per heavy atom. The third-order valence-corrected chi connectivity index (χ3v) is 9.44. The van der Waals surface area contributed by atoms with Crippen LogP contribution in [0.5, 0.6) is 0 Å². The van der Waals surface area contributed by atoms with Crippen LogP contribution in [-0.4, -0.2) is 14.5 Å². The minimum atomic E-state index is -0.394. The zero-order chi connectivity index (χ0) is 16.3. The molecule has 3 atom stereocenters. The Labute approximate surface area is 161 Å². The van der Waals surface area contributed by atoms with Crippen molar-refractivity contribution in [3.63, 3.8) is 0 Å². The lowest BCUT2D eigenvalue weighted by molar-refractivity contribution is -0.155. The van der Waals surface area contributed by atoms with Crippen LogP contribution in [0.4, 0.5) is 5.69 Å². The van der Waals surface area contributed by atoms with E-state index in [1.54, 1.807) is 12.1 Å². The molecule has 0 spiro atoms. The molecule has 22 heavy (non-hydrogen) atoms. The number of nitrogens with one attached hydrogen (secondary N) is 1. The van der Waals surface area contributed by atoms with Crippen LogP contribution in [0.3, 0.4) is 0 Å². The van der Waals surface area contributed by atoms with Gasteiger partial charge in [-0.2, -0.15) is 0 Å². The predicted octanol–water partition coefficient (Wildman–Crippen LogP) is 5.96. The van der Waals surface area contributed by atoms with Gasteiger partial charge in [0.25, 0.3) is 0 Å². The Morgan fingerprint density at radius 3 is 2.55 bits per heavy atom. The zero-order valence-corrected chi connectivity index (χ0v) is 17.8. The number of hydrogen-bond acceptors (Lipinski definition) is 1. The fourth-order valence-electron chi connectivity index (χ4n) is 4.51. The van der Waals surface area contributed by atoms with E-state index < -0.39 is 5.41 Å². The molecule has 0 heterocycles. The number of alkyl halides is 3.